The van der Waals surface area contributed by atoms with E-state index in [-0.39, 0.29) is 5.91 Å². The van der Waals surface area contributed by atoms with Gasteiger partial charge >= 0.3 is 0 Å². The van der Waals surface area contributed by atoms with Gasteiger partial charge in [0, 0.05) is 31.7 Å². The Bertz CT molecular complexity index is 942. The number of nitrogens with one attached hydrogen (secondary N) is 1. The van der Waals surface area contributed by atoms with E-state index in [0.29, 0.717) is 18.0 Å². The van der Waals surface area contributed by atoms with Crippen molar-refractivity contribution in [3.63, 3.8) is 0 Å². The number of hydrogen-bond acceptors (Lipinski definition) is 4. The number of hydrogen-bond donors (Lipinski definition) is 1. The molecule has 4 rings (SSSR count). The molecule has 1 aliphatic rings. The van der Waals surface area contributed by atoms with Gasteiger partial charge in [-0.25, -0.2) is 4.98 Å². The summed E-state index contributed by atoms with van der Waals surface area (Å²) in [6.45, 7) is 4.36. The molecule has 1 aromatic heterocycles. The number of carbonyl (C=O) groups excluding carboxylic acids is 1. The Morgan fingerprint density at radius 3 is 2.93 bits per heavy atom. The van der Waals surface area contributed by atoms with Crippen LogP contribution in [0, 0.1) is 5.92 Å². The van der Waals surface area contributed by atoms with Crippen LogP contribution in [0.2, 0.25) is 0 Å². The van der Waals surface area contributed by atoms with E-state index >= 15 is 0 Å². The Hall–Kier alpha value is -2.66. The van der Waals surface area contributed by atoms with Gasteiger partial charge < -0.3 is 14.5 Å². The van der Waals surface area contributed by atoms with Crippen LogP contribution in [0.1, 0.15) is 36.0 Å². The number of rotatable bonds is 6. The van der Waals surface area contributed by atoms with Crippen LogP contribution in [0.25, 0.3) is 22.2 Å². The van der Waals surface area contributed by atoms with Gasteiger partial charge in [0.25, 0.3) is 5.91 Å². The van der Waals surface area contributed by atoms with Crippen LogP contribution in [-0.2, 0) is 11.2 Å². The van der Waals surface area contributed by atoms with Gasteiger partial charge in [-0.15, -0.1) is 0 Å². The van der Waals surface area contributed by atoms with Crippen molar-refractivity contribution < 1.29 is 13.9 Å². The van der Waals surface area contributed by atoms with Crippen LogP contribution in [0.3, 0.4) is 0 Å². The van der Waals surface area contributed by atoms with Gasteiger partial charge in [-0.3, -0.25) is 4.79 Å². The fraction of sp³-hybridized carbons (Fsp3) is 0.364. The van der Waals surface area contributed by atoms with Crippen molar-refractivity contribution in [2.24, 2.45) is 5.92 Å². The molecule has 140 valence electrons. The van der Waals surface area contributed by atoms with Gasteiger partial charge in [-0.2, -0.15) is 0 Å². The molecule has 5 heteroatoms. The molecule has 0 unspecified atom stereocenters. The molecule has 0 radical (unpaired) electrons. The van der Waals surface area contributed by atoms with Crippen molar-refractivity contribution in [3.05, 3.63) is 53.9 Å². The first-order valence-electron chi connectivity index (χ1n) is 9.59. The van der Waals surface area contributed by atoms with E-state index < -0.39 is 0 Å². The third-order valence-electron chi connectivity index (χ3n) is 5.05. The Labute approximate surface area is 158 Å². The van der Waals surface area contributed by atoms with Crippen LogP contribution in [0.15, 0.2) is 46.9 Å². The molecule has 0 saturated carbocycles. The maximum Gasteiger partial charge on any atom is 0.251 e. The number of nitrogens with zero attached hydrogens (tertiary/aromatic N) is 1. The second kappa shape index (κ2) is 7.92. The lowest BCUT2D eigenvalue weighted by Crippen LogP contribution is -2.26. The van der Waals surface area contributed by atoms with Crippen LogP contribution < -0.4 is 5.32 Å². The minimum Gasteiger partial charge on any atom is -0.441 e. The number of ether oxygens (including phenoxy) is 1. The first-order valence-corrected chi connectivity index (χ1v) is 9.59. The molecule has 0 bridgehead atoms. The van der Waals surface area contributed by atoms with Gasteiger partial charge in [0.2, 0.25) is 0 Å². The summed E-state index contributed by atoms with van der Waals surface area (Å²) in [5.41, 5.74) is 4.33. The second-order valence-corrected chi connectivity index (χ2v) is 7.00. The standard InChI is InChI=1S/C22H24N2O3/c1-2-21-24-19-13-17(6-7-20(19)27-21)16-4-3-5-18(12-16)22(25)23-10-8-15-9-11-26-14-15/h3-7,12-13,15H,2,8-11,14H2,1H3,(H,23,25)/t15-/m1/s1. The quantitative estimate of drug-likeness (QED) is 0.711. The third-order valence-corrected chi connectivity index (χ3v) is 5.05. The van der Waals surface area contributed by atoms with E-state index in [9.17, 15) is 4.79 Å². The van der Waals surface area contributed by atoms with Gasteiger partial charge in [0.15, 0.2) is 11.5 Å². The number of benzene rings is 2. The summed E-state index contributed by atoms with van der Waals surface area (Å²) < 4.78 is 11.1. The monoisotopic (exact) mass is 364 g/mol. The van der Waals surface area contributed by atoms with E-state index in [4.69, 9.17) is 9.15 Å². The lowest BCUT2D eigenvalue weighted by atomic mass is 10.0. The molecule has 0 aliphatic carbocycles. The van der Waals surface area contributed by atoms with Gasteiger partial charge in [-0.1, -0.05) is 25.1 Å². The number of carbonyl (C=O) groups is 1. The maximum atomic E-state index is 12.5. The van der Waals surface area contributed by atoms with Crippen LogP contribution in [0.4, 0.5) is 0 Å². The molecule has 1 atom stereocenters. The fourth-order valence-corrected chi connectivity index (χ4v) is 3.45. The summed E-state index contributed by atoms with van der Waals surface area (Å²) in [6.07, 6.45) is 2.83. The predicted molar refractivity (Wildman–Crippen MR) is 105 cm³/mol. The van der Waals surface area contributed by atoms with E-state index in [0.717, 1.165) is 60.6 Å². The van der Waals surface area contributed by atoms with Crippen LogP contribution in [0.5, 0.6) is 0 Å². The highest BCUT2D eigenvalue weighted by Crippen LogP contribution is 2.26. The van der Waals surface area contributed by atoms with Crippen molar-refractivity contribution in [3.8, 4) is 11.1 Å². The Morgan fingerprint density at radius 1 is 1.22 bits per heavy atom. The lowest BCUT2D eigenvalue weighted by molar-refractivity contribution is 0.0950. The average Bonchev–Trinajstić information content (AvgIpc) is 3.36. The maximum absolute atomic E-state index is 12.5. The Morgan fingerprint density at radius 2 is 2.11 bits per heavy atom. The number of aromatic nitrogens is 1. The molecule has 2 heterocycles. The fourth-order valence-electron chi connectivity index (χ4n) is 3.45. The summed E-state index contributed by atoms with van der Waals surface area (Å²) in [5.74, 6) is 1.27. The average molecular weight is 364 g/mol. The molecule has 5 nitrogen and oxygen atoms in total. The summed E-state index contributed by atoms with van der Waals surface area (Å²) in [5, 5.41) is 3.02. The summed E-state index contributed by atoms with van der Waals surface area (Å²) >= 11 is 0. The smallest absolute Gasteiger partial charge is 0.251 e. The largest absolute Gasteiger partial charge is 0.441 e. The van der Waals surface area contributed by atoms with Crippen LogP contribution >= 0.6 is 0 Å². The van der Waals surface area contributed by atoms with Crippen molar-refractivity contribution in [1.82, 2.24) is 10.3 Å². The molecule has 0 spiro atoms. The van der Waals surface area contributed by atoms with Gasteiger partial charge in [-0.05, 0) is 54.2 Å². The normalized spacial score (nSPS) is 16.7. The number of amides is 1. The first-order chi connectivity index (χ1) is 13.2. The van der Waals surface area contributed by atoms with Crippen molar-refractivity contribution in [1.29, 1.82) is 0 Å². The lowest BCUT2D eigenvalue weighted by Gasteiger charge is -2.10. The number of aryl methyl sites for hydroxylation is 1. The minimum atomic E-state index is -0.0356. The van der Waals surface area contributed by atoms with E-state index in [1.54, 1.807) is 0 Å². The number of fused-ring (bicyclic) bond motifs is 1. The molecule has 3 aromatic rings. The molecular weight excluding hydrogens is 340 g/mol. The molecular formula is C22H24N2O3. The molecule has 2 aromatic carbocycles. The van der Waals surface area contributed by atoms with Crippen LogP contribution in [-0.4, -0.2) is 30.6 Å². The summed E-state index contributed by atoms with van der Waals surface area (Å²) in [6, 6.07) is 13.7. The highest BCUT2D eigenvalue weighted by Gasteiger charge is 2.16. The third kappa shape index (κ3) is 4.03. The molecule has 1 aliphatic heterocycles. The zero-order valence-electron chi connectivity index (χ0n) is 15.5. The topological polar surface area (TPSA) is 64.4 Å². The SMILES string of the molecule is CCc1nc2cc(-c3cccc(C(=O)NCC[C@@H]4CCOC4)c3)ccc2o1. The molecule has 27 heavy (non-hydrogen) atoms. The second-order valence-electron chi connectivity index (χ2n) is 7.00. The van der Waals surface area contributed by atoms with Crippen molar-refractivity contribution in [2.75, 3.05) is 19.8 Å². The number of oxazole rings is 1. The van der Waals surface area contributed by atoms with Gasteiger partial charge in [0.05, 0.1) is 0 Å². The molecule has 1 N–H and O–H groups in total. The summed E-state index contributed by atoms with van der Waals surface area (Å²) in [7, 11) is 0. The van der Waals surface area contributed by atoms with Gasteiger partial charge in [0.1, 0.15) is 5.52 Å². The Kier molecular flexibility index (Phi) is 5.21. The molecule has 1 amide bonds. The minimum absolute atomic E-state index is 0.0356. The van der Waals surface area contributed by atoms with E-state index in [1.165, 1.54) is 0 Å². The highest BCUT2D eigenvalue weighted by atomic mass is 16.5. The Balaban J connectivity index is 1.47. The zero-order chi connectivity index (χ0) is 18.6. The molecule has 1 fully saturated rings. The van der Waals surface area contributed by atoms with E-state index in [2.05, 4.69) is 10.3 Å². The molecule has 1 saturated heterocycles. The van der Waals surface area contributed by atoms with E-state index in [1.807, 2.05) is 49.4 Å². The predicted octanol–water partition coefficient (Wildman–Crippen LogP) is 4.21. The van der Waals surface area contributed by atoms with Crippen molar-refractivity contribution >= 4 is 17.0 Å². The summed E-state index contributed by atoms with van der Waals surface area (Å²) in [4.78, 5) is 17.0. The zero-order valence-corrected chi connectivity index (χ0v) is 15.5. The highest BCUT2D eigenvalue weighted by molar-refractivity contribution is 5.95. The first kappa shape index (κ1) is 17.7. The van der Waals surface area contributed by atoms with Crippen molar-refractivity contribution in [2.45, 2.75) is 26.2 Å².